The van der Waals surface area contributed by atoms with E-state index in [4.69, 9.17) is 0 Å². The highest BCUT2D eigenvalue weighted by molar-refractivity contribution is 14.0. The molecule has 0 radical (unpaired) electrons. The predicted molar refractivity (Wildman–Crippen MR) is 127 cm³/mol. The summed E-state index contributed by atoms with van der Waals surface area (Å²) < 4.78 is 26.8. The van der Waals surface area contributed by atoms with E-state index >= 15 is 0 Å². The van der Waals surface area contributed by atoms with Crippen LogP contribution >= 0.6 is 39.9 Å². The molecule has 27 heavy (non-hydrogen) atoms. The summed E-state index contributed by atoms with van der Waals surface area (Å²) in [5, 5.41) is 7.02. The zero-order valence-electron chi connectivity index (χ0n) is 16.0. The minimum Gasteiger partial charge on any atom is -0.357 e. The van der Waals surface area contributed by atoms with Crippen molar-refractivity contribution in [3.8, 4) is 0 Å². The average molecular weight is 574 g/mol. The molecular formula is C19H30BrFIN3OS. The molecule has 4 nitrogen and oxygen atoms in total. The third-order valence-electron chi connectivity index (χ3n) is 4.63. The lowest BCUT2D eigenvalue weighted by molar-refractivity contribution is 0.413. The molecule has 2 N–H and O–H groups in total. The van der Waals surface area contributed by atoms with Gasteiger partial charge in [0.05, 0.1) is 0 Å². The van der Waals surface area contributed by atoms with Crippen molar-refractivity contribution in [1.29, 1.82) is 0 Å². The molecule has 1 aromatic rings. The molecule has 0 heterocycles. The van der Waals surface area contributed by atoms with Crippen molar-refractivity contribution >= 4 is 56.7 Å². The van der Waals surface area contributed by atoms with Gasteiger partial charge < -0.3 is 10.6 Å². The topological polar surface area (TPSA) is 53.5 Å². The van der Waals surface area contributed by atoms with Crippen molar-refractivity contribution < 1.29 is 8.60 Å². The maximum absolute atomic E-state index is 13.8. The van der Waals surface area contributed by atoms with E-state index in [-0.39, 0.29) is 35.0 Å². The van der Waals surface area contributed by atoms with Crippen LogP contribution in [0.5, 0.6) is 0 Å². The van der Waals surface area contributed by atoms with E-state index in [2.05, 4.69) is 31.6 Å². The number of nitrogens with zero attached hydrogens (tertiary/aromatic N) is 1. The molecule has 0 aromatic heterocycles. The fourth-order valence-corrected chi connectivity index (χ4v) is 5.04. The molecule has 0 aliphatic heterocycles. The first-order valence-electron chi connectivity index (χ1n) is 9.39. The molecule has 0 bridgehead atoms. The molecule has 0 spiro atoms. The van der Waals surface area contributed by atoms with E-state index in [1.165, 1.54) is 6.07 Å². The first-order chi connectivity index (χ1) is 12.5. The number of guanidine groups is 1. The van der Waals surface area contributed by atoms with E-state index in [0.29, 0.717) is 24.6 Å². The molecule has 1 aliphatic carbocycles. The Morgan fingerprint density at radius 1 is 1.37 bits per heavy atom. The van der Waals surface area contributed by atoms with Crippen molar-refractivity contribution in [2.75, 3.05) is 18.8 Å². The van der Waals surface area contributed by atoms with Crippen LogP contribution in [0.3, 0.4) is 0 Å². The maximum atomic E-state index is 13.8. The SMILES string of the molecule is CCNC(=NCCc1cc(Br)ccc1F)NC1CCCC(S(=O)CC)C1.I. The van der Waals surface area contributed by atoms with Crippen LogP contribution in [0.2, 0.25) is 0 Å². The van der Waals surface area contributed by atoms with Crippen LogP contribution in [-0.2, 0) is 17.2 Å². The van der Waals surface area contributed by atoms with E-state index in [1.54, 1.807) is 12.1 Å². The highest BCUT2D eigenvalue weighted by Crippen LogP contribution is 2.23. The second kappa shape index (κ2) is 13.1. The maximum Gasteiger partial charge on any atom is 0.191 e. The fraction of sp³-hybridized carbons (Fsp3) is 0.632. The van der Waals surface area contributed by atoms with Gasteiger partial charge >= 0.3 is 0 Å². The van der Waals surface area contributed by atoms with Gasteiger partial charge in [-0.3, -0.25) is 9.20 Å². The van der Waals surface area contributed by atoms with Crippen LogP contribution in [-0.4, -0.2) is 40.3 Å². The van der Waals surface area contributed by atoms with Crippen molar-refractivity contribution in [3.05, 3.63) is 34.1 Å². The summed E-state index contributed by atoms with van der Waals surface area (Å²) in [6, 6.07) is 5.28. The van der Waals surface area contributed by atoms with Crippen molar-refractivity contribution in [2.45, 2.75) is 57.2 Å². The van der Waals surface area contributed by atoms with Gasteiger partial charge in [-0.2, -0.15) is 0 Å². The standard InChI is InChI=1S/C19H29BrFN3OS.HI/c1-3-22-19(23-11-10-14-12-15(20)8-9-18(14)21)24-16-6-5-7-17(13-16)26(25)4-2;/h8-9,12,16-17H,3-7,10-11,13H2,1-2H3,(H2,22,23,24);1H. The monoisotopic (exact) mass is 573 g/mol. The number of benzene rings is 1. The van der Waals surface area contributed by atoms with Crippen molar-refractivity contribution in [1.82, 2.24) is 10.6 Å². The Morgan fingerprint density at radius 3 is 2.85 bits per heavy atom. The molecule has 1 fully saturated rings. The zero-order valence-corrected chi connectivity index (χ0v) is 20.7. The van der Waals surface area contributed by atoms with Gasteiger partial charge in [0.25, 0.3) is 0 Å². The number of hydrogen-bond acceptors (Lipinski definition) is 2. The van der Waals surface area contributed by atoms with Crippen LogP contribution in [0, 0.1) is 5.82 Å². The molecule has 3 atom stereocenters. The van der Waals surface area contributed by atoms with Gasteiger partial charge in [-0.15, -0.1) is 24.0 Å². The highest BCUT2D eigenvalue weighted by atomic mass is 127. The zero-order chi connectivity index (χ0) is 18.9. The lowest BCUT2D eigenvalue weighted by Gasteiger charge is -2.30. The lowest BCUT2D eigenvalue weighted by Crippen LogP contribution is -2.46. The molecule has 154 valence electrons. The third kappa shape index (κ3) is 8.35. The molecule has 2 rings (SSSR count). The Morgan fingerprint density at radius 2 is 2.15 bits per heavy atom. The second-order valence-corrected chi connectivity index (χ2v) is 9.47. The number of halogens is 3. The number of nitrogens with one attached hydrogen (secondary N) is 2. The highest BCUT2D eigenvalue weighted by Gasteiger charge is 2.26. The van der Waals surface area contributed by atoms with Crippen molar-refractivity contribution in [3.63, 3.8) is 0 Å². The van der Waals surface area contributed by atoms with Crippen LogP contribution in [0.4, 0.5) is 4.39 Å². The number of aliphatic imine (C=N–C) groups is 1. The Balaban J connectivity index is 0.00000364. The van der Waals surface area contributed by atoms with E-state index < -0.39 is 10.8 Å². The summed E-state index contributed by atoms with van der Waals surface area (Å²) in [7, 11) is -0.734. The van der Waals surface area contributed by atoms with Gasteiger partial charge in [-0.25, -0.2) is 4.39 Å². The van der Waals surface area contributed by atoms with Crippen molar-refractivity contribution in [2.24, 2.45) is 4.99 Å². The minimum atomic E-state index is -0.734. The van der Waals surface area contributed by atoms with E-state index in [1.807, 2.05) is 13.8 Å². The summed E-state index contributed by atoms with van der Waals surface area (Å²) in [5.74, 6) is 1.29. The molecule has 0 saturated heterocycles. The molecule has 0 amide bonds. The van der Waals surface area contributed by atoms with E-state index in [0.717, 1.165) is 48.4 Å². The summed E-state index contributed by atoms with van der Waals surface area (Å²) >= 11 is 3.38. The average Bonchev–Trinajstić information content (AvgIpc) is 2.64. The Labute approximate surface area is 190 Å². The quantitative estimate of drug-likeness (QED) is 0.289. The smallest absolute Gasteiger partial charge is 0.191 e. The Bertz CT molecular complexity index is 647. The largest absolute Gasteiger partial charge is 0.357 e. The van der Waals surface area contributed by atoms with Crippen LogP contribution in [0.15, 0.2) is 27.7 Å². The van der Waals surface area contributed by atoms with Gasteiger partial charge in [0.2, 0.25) is 0 Å². The van der Waals surface area contributed by atoms with Crippen LogP contribution in [0.25, 0.3) is 0 Å². The minimum absolute atomic E-state index is 0. The number of rotatable bonds is 7. The summed E-state index contributed by atoms with van der Waals surface area (Å²) in [5.41, 5.74) is 0.662. The molecule has 1 aromatic carbocycles. The van der Waals surface area contributed by atoms with Gasteiger partial charge in [-0.1, -0.05) is 29.3 Å². The summed E-state index contributed by atoms with van der Waals surface area (Å²) in [4.78, 5) is 4.60. The first kappa shape index (κ1) is 24.8. The Hall–Kier alpha value is -0.220. The molecule has 3 unspecified atom stereocenters. The third-order valence-corrected chi connectivity index (χ3v) is 6.86. The van der Waals surface area contributed by atoms with E-state index in [9.17, 15) is 8.60 Å². The van der Waals surface area contributed by atoms with Crippen LogP contribution < -0.4 is 10.6 Å². The van der Waals surface area contributed by atoms with Gasteiger partial charge in [0.15, 0.2) is 5.96 Å². The summed E-state index contributed by atoms with van der Waals surface area (Å²) in [6.45, 7) is 5.30. The van der Waals surface area contributed by atoms with Gasteiger partial charge in [0, 0.05) is 45.4 Å². The number of hydrogen-bond donors (Lipinski definition) is 2. The molecule has 1 aliphatic rings. The molecular weight excluding hydrogens is 544 g/mol. The lowest BCUT2D eigenvalue weighted by atomic mass is 9.95. The second-order valence-electron chi connectivity index (χ2n) is 6.55. The van der Waals surface area contributed by atoms with Crippen LogP contribution in [0.1, 0.15) is 45.1 Å². The van der Waals surface area contributed by atoms with Gasteiger partial charge in [-0.05, 0) is 56.4 Å². The Kier molecular flexibility index (Phi) is 12.0. The molecule has 1 saturated carbocycles. The van der Waals surface area contributed by atoms with Gasteiger partial charge in [0.1, 0.15) is 5.82 Å². The summed E-state index contributed by atoms with van der Waals surface area (Å²) in [6.07, 6.45) is 4.69. The predicted octanol–water partition coefficient (Wildman–Crippen LogP) is 4.38. The first-order valence-corrected chi connectivity index (χ1v) is 11.6. The fourth-order valence-electron chi connectivity index (χ4n) is 3.29. The normalized spacial score (nSPS) is 21.3. The molecule has 8 heteroatoms.